The summed E-state index contributed by atoms with van der Waals surface area (Å²) in [4.78, 5) is 11.2. The lowest BCUT2D eigenvalue weighted by molar-refractivity contribution is -0.122. The van der Waals surface area contributed by atoms with E-state index in [1.165, 1.54) is 0 Å². The van der Waals surface area contributed by atoms with E-state index in [-0.39, 0.29) is 17.2 Å². The third-order valence-corrected chi connectivity index (χ3v) is 2.24. The van der Waals surface area contributed by atoms with E-state index in [0.29, 0.717) is 0 Å². The Morgan fingerprint density at radius 3 is 2.25 bits per heavy atom. The number of hydrogen-bond acceptors (Lipinski definition) is 2. The summed E-state index contributed by atoms with van der Waals surface area (Å²) in [6, 6.07) is 0. The molecule has 0 radical (unpaired) electrons. The zero-order valence-electron chi connectivity index (χ0n) is 8.68. The Balaban J connectivity index is 4.15. The molecule has 2 N–H and O–H groups in total. The Labute approximate surface area is 75.5 Å². The van der Waals surface area contributed by atoms with E-state index in [1.807, 2.05) is 13.8 Å². The zero-order chi connectivity index (χ0) is 9.78. The van der Waals surface area contributed by atoms with Crippen LogP contribution in [0.1, 0.15) is 47.0 Å². The summed E-state index contributed by atoms with van der Waals surface area (Å²) in [6.07, 6.45) is 3.14. The van der Waals surface area contributed by atoms with E-state index in [2.05, 4.69) is 6.92 Å². The van der Waals surface area contributed by atoms with Gasteiger partial charge in [-0.05, 0) is 27.2 Å². The summed E-state index contributed by atoms with van der Waals surface area (Å²) in [6.45, 7) is 7.61. The number of nitrogens with two attached hydrogens (primary N) is 1. The fraction of sp³-hybridized carbons (Fsp3) is 0.900. The molecule has 0 aromatic rings. The van der Waals surface area contributed by atoms with Gasteiger partial charge in [0.15, 0.2) is 0 Å². The van der Waals surface area contributed by atoms with Crippen molar-refractivity contribution in [2.24, 2.45) is 11.7 Å². The van der Waals surface area contributed by atoms with Crippen molar-refractivity contribution in [3.05, 3.63) is 0 Å². The van der Waals surface area contributed by atoms with E-state index in [9.17, 15) is 4.79 Å². The van der Waals surface area contributed by atoms with Crippen LogP contribution in [0.2, 0.25) is 0 Å². The fourth-order valence-corrected chi connectivity index (χ4v) is 1.51. The Hall–Kier alpha value is -0.370. The molecular weight excluding hydrogens is 150 g/mol. The molecular formula is C10H21NO. The van der Waals surface area contributed by atoms with Crippen molar-refractivity contribution in [2.75, 3.05) is 0 Å². The van der Waals surface area contributed by atoms with Gasteiger partial charge in [-0.25, -0.2) is 0 Å². The van der Waals surface area contributed by atoms with E-state index >= 15 is 0 Å². The SMILES string of the molecule is CCCCC(C(C)=O)C(C)(C)N. The quantitative estimate of drug-likeness (QED) is 0.688. The van der Waals surface area contributed by atoms with Crippen LogP contribution in [0.5, 0.6) is 0 Å². The Kier molecular flexibility index (Phi) is 4.46. The van der Waals surface area contributed by atoms with E-state index in [0.717, 1.165) is 19.3 Å². The number of hydrogen-bond donors (Lipinski definition) is 1. The first-order valence-corrected chi connectivity index (χ1v) is 4.69. The molecule has 0 fully saturated rings. The fourth-order valence-electron chi connectivity index (χ4n) is 1.51. The first-order chi connectivity index (χ1) is 5.39. The standard InChI is InChI=1S/C10H21NO/c1-5-6-7-9(8(2)12)10(3,4)11/h9H,5-7,11H2,1-4H3. The van der Waals surface area contributed by atoms with Gasteiger partial charge in [-0.1, -0.05) is 19.8 Å². The molecule has 1 atom stereocenters. The molecule has 1 unspecified atom stereocenters. The van der Waals surface area contributed by atoms with Crippen LogP contribution in [-0.4, -0.2) is 11.3 Å². The van der Waals surface area contributed by atoms with Gasteiger partial charge in [0.25, 0.3) is 0 Å². The minimum absolute atomic E-state index is 0.0254. The smallest absolute Gasteiger partial charge is 0.134 e. The van der Waals surface area contributed by atoms with Crippen LogP contribution in [0, 0.1) is 5.92 Å². The van der Waals surface area contributed by atoms with Crippen LogP contribution >= 0.6 is 0 Å². The maximum absolute atomic E-state index is 11.2. The van der Waals surface area contributed by atoms with Crippen LogP contribution in [0.25, 0.3) is 0 Å². The van der Waals surface area contributed by atoms with Gasteiger partial charge in [0.05, 0.1) is 0 Å². The molecule has 12 heavy (non-hydrogen) atoms. The summed E-state index contributed by atoms with van der Waals surface area (Å²) in [5.41, 5.74) is 5.54. The van der Waals surface area contributed by atoms with Gasteiger partial charge in [0, 0.05) is 11.5 Å². The van der Waals surface area contributed by atoms with Crippen LogP contribution in [0.15, 0.2) is 0 Å². The van der Waals surface area contributed by atoms with Crippen LogP contribution in [0.3, 0.4) is 0 Å². The first-order valence-electron chi connectivity index (χ1n) is 4.69. The Morgan fingerprint density at radius 2 is 2.00 bits per heavy atom. The minimum Gasteiger partial charge on any atom is -0.325 e. The number of ketones is 1. The number of carbonyl (C=O) groups is 1. The van der Waals surface area contributed by atoms with E-state index in [1.54, 1.807) is 6.92 Å². The molecule has 0 aliphatic carbocycles. The average molecular weight is 171 g/mol. The molecule has 0 saturated heterocycles. The van der Waals surface area contributed by atoms with Gasteiger partial charge in [0.2, 0.25) is 0 Å². The van der Waals surface area contributed by atoms with Crippen LogP contribution < -0.4 is 5.73 Å². The van der Waals surface area contributed by atoms with Gasteiger partial charge in [-0.2, -0.15) is 0 Å². The largest absolute Gasteiger partial charge is 0.325 e. The second-order valence-corrected chi connectivity index (χ2v) is 4.13. The molecule has 0 aliphatic heterocycles. The second-order valence-electron chi connectivity index (χ2n) is 4.13. The number of carbonyl (C=O) groups excluding carboxylic acids is 1. The Morgan fingerprint density at radius 1 is 1.50 bits per heavy atom. The second kappa shape index (κ2) is 4.61. The van der Waals surface area contributed by atoms with Crippen molar-refractivity contribution in [3.8, 4) is 0 Å². The average Bonchev–Trinajstić information content (AvgIpc) is 1.84. The maximum Gasteiger partial charge on any atom is 0.134 e. The monoisotopic (exact) mass is 171 g/mol. The number of Topliss-reactive ketones (excluding diaryl/α,β-unsaturated/α-hetero) is 1. The maximum atomic E-state index is 11.2. The van der Waals surface area contributed by atoms with Gasteiger partial charge in [0.1, 0.15) is 5.78 Å². The third-order valence-electron chi connectivity index (χ3n) is 2.24. The molecule has 2 heteroatoms. The van der Waals surface area contributed by atoms with Crippen LogP contribution in [-0.2, 0) is 4.79 Å². The minimum atomic E-state index is -0.360. The summed E-state index contributed by atoms with van der Waals surface area (Å²) < 4.78 is 0. The van der Waals surface area contributed by atoms with Crippen molar-refractivity contribution >= 4 is 5.78 Å². The lowest BCUT2D eigenvalue weighted by Crippen LogP contribution is -2.44. The summed E-state index contributed by atoms with van der Waals surface area (Å²) in [7, 11) is 0. The lowest BCUT2D eigenvalue weighted by Gasteiger charge is -2.28. The van der Waals surface area contributed by atoms with Gasteiger partial charge < -0.3 is 5.73 Å². The lowest BCUT2D eigenvalue weighted by atomic mass is 9.82. The highest BCUT2D eigenvalue weighted by Gasteiger charge is 2.27. The molecule has 0 heterocycles. The molecule has 2 nitrogen and oxygen atoms in total. The highest BCUT2D eigenvalue weighted by molar-refractivity contribution is 5.79. The van der Waals surface area contributed by atoms with Crippen molar-refractivity contribution in [3.63, 3.8) is 0 Å². The van der Waals surface area contributed by atoms with E-state index in [4.69, 9.17) is 5.73 Å². The summed E-state index contributed by atoms with van der Waals surface area (Å²) in [5.74, 6) is 0.244. The summed E-state index contributed by atoms with van der Waals surface area (Å²) in [5, 5.41) is 0. The predicted octanol–water partition coefficient (Wildman–Crippen LogP) is 2.12. The zero-order valence-corrected chi connectivity index (χ0v) is 8.68. The van der Waals surface area contributed by atoms with Crippen molar-refractivity contribution in [1.82, 2.24) is 0 Å². The number of rotatable bonds is 5. The van der Waals surface area contributed by atoms with Gasteiger partial charge >= 0.3 is 0 Å². The highest BCUT2D eigenvalue weighted by Crippen LogP contribution is 2.20. The molecule has 0 aliphatic rings. The highest BCUT2D eigenvalue weighted by atomic mass is 16.1. The van der Waals surface area contributed by atoms with Crippen LogP contribution in [0.4, 0.5) is 0 Å². The van der Waals surface area contributed by atoms with Gasteiger partial charge in [-0.15, -0.1) is 0 Å². The normalized spacial score (nSPS) is 14.4. The van der Waals surface area contributed by atoms with Crippen molar-refractivity contribution in [2.45, 2.75) is 52.5 Å². The molecule has 0 spiro atoms. The molecule has 0 rings (SSSR count). The molecule has 0 aromatic carbocycles. The first kappa shape index (κ1) is 11.6. The predicted molar refractivity (Wildman–Crippen MR) is 52.0 cm³/mol. The topological polar surface area (TPSA) is 43.1 Å². The molecule has 0 saturated carbocycles. The third kappa shape index (κ3) is 3.86. The number of unbranched alkanes of at least 4 members (excludes halogenated alkanes) is 1. The van der Waals surface area contributed by atoms with Crippen molar-refractivity contribution in [1.29, 1.82) is 0 Å². The molecule has 0 aromatic heterocycles. The molecule has 72 valence electrons. The Bertz CT molecular complexity index is 146. The molecule has 0 amide bonds. The van der Waals surface area contributed by atoms with E-state index < -0.39 is 0 Å². The van der Waals surface area contributed by atoms with Crippen molar-refractivity contribution < 1.29 is 4.79 Å². The molecule has 0 bridgehead atoms. The summed E-state index contributed by atoms with van der Waals surface area (Å²) >= 11 is 0. The van der Waals surface area contributed by atoms with Gasteiger partial charge in [-0.3, -0.25) is 4.79 Å².